The van der Waals surface area contributed by atoms with Gasteiger partial charge in [0.1, 0.15) is 0 Å². The summed E-state index contributed by atoms with van der Waals surface area (Å²) in [6.45, 7) is 1.01. The van der Waals surface area contributed by atoms with E-state index in [0.717, 1.165) is 19.4 Å². The van der Waals surface area contributed by atoms with Gasteiger partial charge in [-0.3, -0.25) is 0 Å². The molecular formula is C13H18NO+. The Kier molecular flexibility index (Phi) is 2.06. The van der Waals surface area contributed by atoms with Gasteiger partial charge in [-0.2, -0.15) is 0 Å². The van der Waals surface area contributed by atoms with Crippen molar-refractivity contribution in [1.29, 1.82) is 0 Å². The van der Waals surface area contributed by atoms with E-state index in [9.17, 15) is 5.11 Å². The molecule has 2 aliphatic rings. The maximum absolute atomic E-state index is 10.6. The van der Waals surface area contributed by atoms with Crippen molar-refractivity contribution in [1.82, 2.24) is 0 Å². The lowest BCUT2D eigenvalue weighted by atomic mass is 9.71. The van der Waals surface area contributed by atoms with Crippen molar-refractivity contribution in [2.45, 2.75) is 44.2 Å². The Morgan fingerprint density at radius 3 is 3.20 bits per heavy atom. The highest BCUT2D eigenvalue weighted by molar-refractivity contribution is 5.06. The number of aliphatic hydroxyl groups is 1. The Labute approximate surface area is 90.6 Å². The second kappa shape index (κ2) is 3.31. The van der Waals surface area contributed by atoms with Crippen molar-refractivity contribution in [2.24, 2.45) is 5.92 Å². The van der Waals surface area contributed by atoms with Crippen LogP contribution in [0, 0.1) is 5.92 Å². The maximum atomic E-state index is 10.6. The molecule has 2 heteroatoms. The molecule has 1 saturated carbocycles. The Morgan fingerprint density at radius 2 is 2.27 bits per heavy atom. The van der Waals surface area contributed by atoms with Crippen LogP contribution >= 0.6 is 0 Å². The molecule has 1 aromatic rings. The second-order valence-electron chi connectivity index (χ2n) is 5.07. The van der Waals surface area contributed by atoms with Crippen molar-refractivity contribution in [2.75, 3.05) is 0 Å². The minimum absolute atomic E-state index is 0.403. The Balaban J connectivity index is 1.98. The molecule has 0 amide bonds. The third-order valence-corrected chi connectivity index (χ3v) is 4.11. The van der Waals surface area contributed by atoms with E-state index >= 15 is 0 Å². The molecule has 0 spiro atoms. The predicted octanol–water partition coefficient (Wildman–Crippen LogP) is 1.45. The average Bonchev–Trinajstić information content (AvgIpc) is 2.25. The highest BCUT2D eigenvalue weighted by Crippen LogP contribution is 2.38. The van der Waals surface area contributed by atoms with E-state index in [4.69, 9.17) is 0 Å². The maximum Gasteiger partial charge on any atom is 0.184 e. The van der Waals surface area contributed by atoms with Gasteiger partial charge in [-0.1, -0.05) is 18.9 Å². The lowest BCUT2D eigenvalue weighted by Gasteiger charge is -2.40. The van der Waals surface area contributed by atoms with E-state index in [0.29, 0.717) is 5.92 Å². The van der Waals surface area contributed by atoms with E-state index in [-0.39, 0.29) is 0 Å². The molecule has 2 nitrogen and oxygen atoms in total. The minimum Gasteiger partial charge on any atom is -0.389 e. The zero-order valence-electron chi connectivity index (χ0n) is 9.02. The van der Waals surface area contributed by atoms with E-state index in [1.165, 1.54) is 25.0 Å². The van der Waals surface area contributed by atoms with E-state index in [1.807, 2.05) is 0 Å². The number of nitrogens with zero attached hydrogens (tertiary/aromatic N) is 1. The van der Waals surface area contributed by atoms with Crippen LogP contribution in [0.3, 0.4) is 0 Å². The Bertz CT molecular complexity index is 377. The first kappa shape index (κ1) is 9.34. The molecule has 2 atom stereocenters. The molecule has 1 aliphatic carbocycles. The SMILES string of the molecule is O[C@]12CCCC[C@H]1C[n+]1ccccc1C2. The molecule has 3 rings (SSSR count). The predicted molar refractivity (Wildman–Crippen MR) is 57.2 cm³/mol. The van der Waals surface area contributed by atoms with Crippen LogP contribution in [0.4, 0.5) is 0 Å². The van der Waals surface area contributed by atoms with Crippen LogP contribution in [0.1, 0.15) is 31.4 Å². The summed E-state index contributed by atoms with van der Waals surface area (Å²) in [4.78, 5) is 0. The van der Waals surface area contributed by atoms with Gasteiger partial charge in [0.2, 0.25) is 0 Å². The first-order valence-corrected chi connectivity index (χ1v) is 5.98. The van der Waals surface area contributed by atoms with Gasteiger partial charge in [-0.25, -0.2) is 4.57 Å². The van der Waals surface area contributed by atoms with Gasteiger partial charge in [0.05, 0.1) is 12.0 Å². The fourth-order valence-corrected chi connectivity index (χ4v) is 3.19. The highest BCUT2D eigenvalue weighted by atomic mass is 16.3. The quantitative estimate of drug-likeness (QED) is 0.635. The van der Waals surface area contributed by atoms with Crippen molar-refractivity contribution in [3.05, 3.63) is 30.1 Å². The van der Waals surface area contributed by atoms with Crippen molar-refractivity contribution < 1.29 is 9.67 Å². The van der Waals surface area contributed by atoms with E-state index < -0.39 is 5.60 Å². The standard InChI is InChI=1S/C13H18NO/c15-13-7-3-1-5-11(13)10-14-8-4-2-6-12(14)9-13/h2,4,6,8,11,15H,1,3,5,7,9-10H2/q+1/t11-,13-/m0/s1. The van der Waals surface area contributed by atoms with Gasteiger partial charge in [-0.15, -0.1) is 0 Å². The Morgan fingerprint density at radius 1 is 1.33 bits per heavy atom. The molecular weight excluding hydrogens is 186 g/mol. The molecule has 1 aromatic heterocycles. The summed E-state index contributed by atoms with van der Waals surface area (Å²) in [5, 5.41) is 10.6. The topological polar surface area (TPSA) is 24.1 Å². The molecule has 1 fully saturated rings. The van der Waals surface area contributed by atoms with Gasteiger partial charge in [-0.05, 0) is 12.8 Å². The lowest BCUT2D eigenvalue weighted by molar-refractivity contribution is -0.721. The molecule has 80 valence electrons. The number of pyridine rings is 1. The van der Waals surface area contributed by atoms with E-state index in [1.54, 1.807) is 0 Å². The summed E-state index contributed by atoms with van der Waals surface area (Å²) < 4.78 is 2.31. The van der Waals surface area contributed by atoms with Crippen LogP contribution in [0.15, 0.2) is 24.4 Å². The molecule has 1 aliphatic heterocycles. The molecule has 15 heavy (non-hydrogen) atoms. The highest BCUT2D eigenvalue weighted by Gasteiger charge is 2.46. The van der Waals surface area contributed by atoms with Gasteiger partial charge in [0, 0.05) is 18.1 Å². The molecule has 2 heterocycles. The summed E-state index contributed by atoms with van der Waals surface area (Å²) in [5.74, 6) is 0.478. The zero-order chi connectivity index (χ0) is 10.3. The van der Waals surface area contributed by atoms with Gasteiger partial charge < -0.3 is 5.11 Å². The van der Waals surface area contributed by atoms with Gasteiger partial charge in [0.25, 0.3) is 0 Å². The van der Waals surface area contributed by atoms with Gasteiger partial charge >= 0.3 is 0 Å². The monoisotopic (exact) mass is 204 g/mol. The Hall–Kier alpha value is -0.890. The molecule has 0 radical (unpaired) electrons. The summed E-state index contributed by atoms with van der Waals surface area (Å²) in [7, 11) is 0. The fraction of sp³-hybridized carbons (Fsp3) is 0.615. The van der Waals surface area contributed by atoms with Crippen LogP contribution in [0.25, 0.3) is 0 Å². The van der Waals surface area contributed by atoms with Crippen molar-refractivity contribution in [3.63, 3.8) is 0 Å². The zero-order valence-corrected chi connectivity index (χ0v) is 9.02. The summed E-state index contributed by atoms with van der Waals surface area (Å²) in [6.07, 6.45) is 7.65. The third kappa shape index (κ3) is 1.48. The van der Waals surface area contributed by atoms with E-state index in [2.05, 4.69) is 29.0 Å². The molecule has 0 saturated heterocycles. The summed E-state index contributed by atoms with van der Waals surface area (Å²) >= 11 is 0. The third-order valence-electron chi connectivity index (χ3n) is 4.11. The summed E-state index contributed by atoms with van der Waals surface area (Å²) in [6, 6.07) is 6.29. The molecule has 0 bridgehead atoms. The summed E-state index contributed by atoms with van der Waals surface area (Å²) in [5.41, 5.74) is 0.887. The largest absolute Gasteiger partial charge is 0.389 e. The van der Waals surface area contributed by atoms with Crippen LogP contribution in [0.5, 0.6) is 0 Å². The van der Waals surface area contributed by atoms with Crippen molar-refractivity contribution in [3.8, 4) is 0 Å². The van der Waals surface area contributed by atoms with Crippen LogP contribution in [-0.2, 0) is 13.0 Å². The lowest BCUT2D eigenvalue weighted by Crippen LogP contribution is -2.58. The number of hydrogen-bond acceptors (Lipinski definition) is 1. The number of hydrogen-bond donors (Lipinski definition) is 1. The van der Waals surface area contributed by atoms with Crippen LogP contribution < -0.4 is 4.57 Å². The second-order valence-corrected chi connectivity index (χ2v) is 5.07. The number of rotatable bonds is 0. The number of fused-ring (bicyclic) bond motifs is 2. The first-order chi connectivity index (χ1) is 7.28. The van der Waals surface area contributed by atoms with Gasteiger partial charge in [0.15, 0.2) is 18.4 Å². The molecule has 0 aromatic carbocycles. The van der Waals surface area contributed by atoms with Crippen LogP contribution in [0.2, 0.25) is 0 Å². The minimum atomic E-state index is -0.403. The smallest absolute Gasteiger partial charge is 0.184 e. The average molecular weight is 204 g/mol. The van der Waals surface area contributed by atoms with Crippen LogP contribution in [-0.4, -0.2) is 10.7 Å². The number of aromatic nitrogens is 1. The fourth-order valence-electron chi connectivity index (χ4n) is 3.19. The van der Waals surface area contributed by atoms with Crippen molar-refractivity contribution >= 4 is 0 Å². The molecule has 0 unspecified atom stereocenters. The first-order valence-electron chi connectivity index (χ1n) is 5.98. The normalized spacial score (nSPS) is 34.3. The molecule has 1 N–H and O–H groups in total.